The minimum atomic E-state index is -0.534. The topological polar surface area (TPSA) is 92.1 Å². The van der Waals surface area contributed by atoms with Gasteiger partial charge in [0.05, 0.1) is 12.1 Å². The zero-order valence-electron chi connectivity index (χ0n) is 13.1. The van der Waals surface area contributed by atoms with E-state index in [1.165, 1.54) is 0 Å². The molecule has 1 fully saturated rings. The van der Waals surface area contributed by atoms with Crippen LogP contribution in [0.1, 0.15) is 25.3 Å². The molecule has 0 aromatic carbocycles. The number of nitrogens with one attached hydrogen (secondary N) is 2. The third-order valence-corrected chi connectivity index (χ3v) is 4.24. The quantitative estimate of drug-likeness (QED) is 0.747. The Morgan fingerprint density at radius 2 is 2.30 bits per heavy atom. The molecule has 2 heterocycles. The largest absolute Gasteiger partial charge is 0.394 e. The second kappa shape index (κ2) is 6.37. The van der Waals surface area contributed by atoms with Crippen LogP contribution in [0.15, 0.2) is 37.1 Å². The number of aliphatic hydroxyl groups excluding tert-OH is 1. The number of rotatable bonds is 6. The molecule has 0 bridgehead atoms. The molecule has 23 heavy (non-hydrogen) atoms. The van der Waals surface area contributed by atoms with Gasteiger partial charge in [-0.3, -0.25) is 4.57 Å². The first-order chi connectivity index (χ1) is 11.1. The fourth-order valence-electron chi connectivity index (χ4n) is 2.55. The average Bonchev–Trinajstić information content (AvgIpc) is 3.29. The van der Waals surface area contributed by atoms with E-state index in [-0.39, 0.29) is 12.6 Å². The monoisotopic (exact) mass is 315 g/mol. The first kappa shape index (κ1) is 15.5. The molecule has 0 saturated heterocycles. The lowest BCUT2D eigenvalue weighted by atomic mass is 9.97. The van der Waals surface area contributed by atoms with Gasteiger partial charge in [0.15, 0.2) is 0 Å². The van der Waals surface area contributed by atoms with Gasteiger partial charge in [-0.1, -0.05) is 6.07 Å². The van der Waals surface area contributed by atoms with Crippen molar-refractivity contribution in [1.29, 1.82) is 0 Å². The second-order valence-corrected chi connectivity index (χ2v) is 6.15. The lowest BCUT2D eigenvalue weighted by molar-refractivity contribution is 0.155. The molecule has 0 aliphatic heterocycles. The summed E-state index contributed by atoms with van der Waals surface area (Å²) in [6.45, 7) is 2.22. The van der Waals surface area contributed by atoms with E-state index >= 15 is 0 Å². The maximum Gasteiger partial charge on any atom is 0.315 e. The van der Waals surface area contributed by atoms with Crippen LogP contribution in [0, 0.1) is 5.92 Å². The predicted molar refractivity (Wildman–Crippen MR) is 84.9 cm³/mol. The van der Waals surface area contributed by atoms with E-state index in [1.807, 2.05) is 29.8 Å². The summed E-state index contributed by atoms with van der Waals surface area (Å²) in [5, 5.41) is 15.2. The van der Waals surface area contributed by atoms with Gasteiger partial charge >= 0.3 is 6.03 Å². The van der Waals surface area contributed by atoms with Crippen molar-refractivity contribution < 1.29 is 9.90 Å². The molecule has 3 rings (SSSR count). The van der Waals surface area contributed by atoms with E-state index in [0.29, 0.717) is 12.5 Å². The molecule has 2 aromatic rings. The Hall–Kier alpha value is -2.41. The molecule has 1 unspecified atom stereocenters. The number of urea groups is 1. The van der Waals surface area contributed by atoms with Gasteiger partial charge in [0.2, 0.25) is 0 Å². The maximum absolute atomic E-state index is 12.0. The van der Waals surface area contributed by atoms with Crippen LogP contribution in [0.3, 0.4) is 0 Å². The van der Waals surface area contributed by atoms with Crippen LogP contribution in [0.5, 0.6) is 0 Å². The number of aliphatic hydroxyl groups is 1. The molecule has 3 N–H and O–H groups in total. The first-order valence-corrected chi connectivity index (χ1v) is 7.71. The van der Waals surface area contributed by atoms with Crippen LogP contribution in [0.2, 0.25) is 0 Å². The third-order valence-electron chi connectivity index (χ3n) is 4.24. The molecule has 2 amide bonds. The summed E-state index contributed by atoms with van der Waals surface area (Å²) in [7, 11) is 0. The van der Waals surface area contributed by atoms with E-state index in [2.05, 4.69) is 20.6 Å². The first-order valence-electron chi connectivity index (χ1n) is 7.71. The van der Waals surface area contributed by atoms with Gasteiger partial charge < -0.3 is 15.7 Å². The normalized spacial score (nSPS) is 16.6. The third kappa shape index (κ3) is 3.68. The van der Waals surface area contributed by atoms with E-state index in [4.69, 9.17) is 0 Å². The second-order valence-electron chi connectivity index (χ2n) is 6.15. The highest BCUT2D eigenvalue weighted by atomic mass is 16.3. The predicted octanol–water partition coefficient (Wildman–Crippen LogP) is 1.23. The zero-order chi connectivity index (χ0) is 16.3. The van der Waals surface area contributed by atoms with E-state index in [9.17, 15) is 9.90 Å². The number of carbonyl (C=O) groups is 1. The Morgan fingerprint density at radius 3 is 2.87 bits per heavy atom. The summed E-state index contributed by atoms with van der Waals surface area (Å²) >= 11 is 0. The fraction of sp³-hybridized carbons (Fsp3) is 0.438. The molecule has 0 spiro atoms. The summed E-state index contributed by atoms with van der Waals surface area (Å²) in [6, 6.07) is 3.51. The van der Waals surface area contributed by atoms with Gasteiger partial charge in [-0.05, 0) is 37.3 Å². The SMILES string of the molecule is CC(CO)(NC(=O)NCc1ccc(-n2ccnc2)nc1)C1CC1. The minimum absolute atomic E-state index is 0.0494. The molecular formula is C16H21N5O2. The van der Waals surface area contributed by atoms with Crippen molar-refractivity contribution in [3.05, 3.63) is 42.6 Å². The minimum Gasteiger partial charge on any atom is -0.394 e. The number of pyridine rings is 1. The van der Waals surface area contributed by atoms with Crippen LogP contribution < -0.4 is 10.6 Å². The van der Waals surface area contributed by atoms with Gasteiger partial charge in [-0.25, -0.2) is 14.8 Å². The lowest BCUT2D eigenvalue weighted by Gasteiger charge is -2.28. The van der Waals surface area contributed by atoms with Crippen molar-refractivity contribution >= 4 is 6.03 Å². The van der Waals surface area contributed by atoms with Crippen molar-refractivity contribution in [3.8, 4) is 5.82 Å². The maximum atomic E-state index is 12.0. The van der Waals surface area contributed by atoms with Crippen molar-refractivity contribution in [3.63, 3.8) is 0 Å². The number of aromatic nitrogens is 3. The van der Waals surface area contributed by atoms with E-state index < -0.39 is 5.54 Å². The Labute approximate surface area is 134 Å². The van der Waals surface area contributed by atoms with Crippen LogP contribution in [-0.4, -0.2) is 37.8 Å². The van der Waals surface area contributed by atoms with Crippen molar-refractivity contribution in [1.82, 2.24) is 25.2 Å². The van der Waals surface area contributed by atoms with Crippen LogP contribution >= 0.6 is 0 Å². The van der Waals surface area contributed by atoms with Crippen molar-refractivity contribution in [2.45, 2.75) is 31.8 Å². The highest BCUT2D eigenvalue weighted by molar-refractivity contribution is 5.74. The van der Waals surface area contributed by atoms with Gasteiger partial charge in [0.25, 0.3) is 0 Å². The number of amides is 2. The molecule has 1 aliphatic rings. The standard InChI is InChI=1S/C16H21N5O2/c1-16(10-22,13-3-4-13)20-15(23)19-9-12-2-5-14(18-8-12)21-7-6-17-11-21/h2,5-8,11,13,22H,3-4,9-10H2,1H3,(H2,19,20,23). The van der Waals surface area contributed by atoms with Gasteiger partial charge in [-0.2, -0.15) is 0 Å². The molecule has 7 heteroatoms. The average molecular weight is 315 g/mol. The Kier molecular flexibility index (Phi) is 4.29. The van der Waals surface area contributed by atoms with E-state index in [0.717, 1.165) is 24.2 Å². The highest BCUT2D eigenvalue weighted by Gasteiger charge is 2.42. The van der Waals surface area contributed by atoms with Crippen LogP contribution in [0.4, 0.5) is 4.79 Å². The lowest BCUT2D eigenvalue weighted by Crippen LogP contribution is -2.53. The number of nitrogens with zero attached hydrogens (tertiary/aromatic N) is 3. The molecule has 2 aromatic heterocycles. The number of hydrogen-bond acceptors (Lipinski definition) is 4. The Balaban J connectivity index is 1.52. The van der Waals surface area contributed by atoms with Crippen LogP contribution in [-0.2, 0) is 6.54 Å². The number of hydrogen-bond donors (Lipinski definition) is 3. The van der Waals surface area contributed by atoms with Crippen LogP contribution in [0.25, 0.3) is 5.82 Å². The van der Waals surface area contributed by atoms with Gasteiger partial charge in [-0.15, -0.1) is 0 Å². The Bertz CT molecular complexity index is 652. The van der Waals surface area contributed by atoms with E-state index in [1.54, 1.807) is 18.7 Å². The summed E-state index contributed by atoms with van der Waals surface area (Å²) < 4.78 is 1.81. The Morgan fingerprint density at radius 1 is 1.48 bits per heavy atom. The van der Waals surface area contributed by atoms with Gasteiger partial charge in [0.1, 0.15) is 12.1 Å². The molecule has 1 saturated carbocycles. The molecule has 1 aliphatic carbocycles. The van der Waals surface area contributed by atoms with Gasteiger partial charge in [0, 0.05) is 25.1 Å². The molecule has 1 atom stereocenters. The highest BCUT2D eigenvalue weighted by Crippen LogP contribution is 2.39. The molecular weight excluding hydrogens is 294 g/mol. The number of imidazole rings is 1. The number of carbonyl (C=O) groups excluding carboxylic acids is 1. The summed E-state index contributed by atoms with van der Waals surface area (Å²) in [5.74, 6) is 1.15. The van der Waals surface area contributed by atoms with Crippen molar-refractivity contribution in [2.24, 2.45) is 5.92 Å². The summed E-state index contributed by atoms with van der Waals surface area (Å²) in [4.78, 5) is 20.3. The smallest absolute Gasteiger partial charge is 0.315 e. The summed E-state index contributed by atoms with van der Waals surface area (Å²) in [6.07, 6.45) is 9.03. The molecule has 122 valence electrons. The fourth-order valence-corrected chi connectivity index (χ4v) is 2.55. The zero-order valence-corrected chi connectivity index (χ0v) is 13.1. The molecule has 7 nitrogen and oxygen atoms in total. The summed E-state index contributed by atoms with van der Waals surface area (Å²) in [5.41, 5.74) is 0.370. The van der Waals surface area contributed by atoms with Crippen molar-refractivity contribution in [2.75, 3.05) is 6.61 Å². The molecule has 0 radical (unpaired) electrons.